The second kappa shape index (κ2) is 6.82. The maximum absolute atomic E-state index is 5.86. The fourth-order valence-corrected chi connectivity index (χ4v) is 1.92. The molecule has 2 aromatic heterocycles. The Balaban J connectivity index is 1.66. The normalized spacial score (nSPS) is 10.2. The average molecular weight is 313 g/mol. The van der Waals surface area contributed by atoms with Crippen molar-refractivity contribution in [1.82, 2.24) is 20.2 Å². The van der Waals surface area contributed by atoms with Gasteiger partial charge in [0.25, 0.3) is 0 Å². The van der Waals surface area contributed by atoms with Gasteiger partial charge in [0.15, 0.2) is 5.82 Å². The SMILES string of the molecule is Clc1ccc(Nc2cnnc(NCc3ccccn3)n2)cc1. The van der Waals surface area contributed by atoms with Crippen molar-refractivity contribution in [1.29, 1.82) is 0 Å². The first-order valence-electron chi connectivity index (χ1n) is 6.66. The second-order valence-electron chi connectivity index (χ2n) is 4.47. The van der Waals surface area contributed by atoms with Crippen LogP contribution < -0.4 is 10.6 Å². The highest BCUT2D eigenvalue weighted by atomic mass is 35.5. The number of nitrogens with one attached hydrogen (secondary N) is 2. The van der Waals surface area contributed by atoms with Crippen LogP contribution in [0.2, 0.25) is 5.02 Å². The fourth-order valence-electron chi connectivity index (χ4n) is 1.79. The van der Waals surface area contributed by atoms with Crippen molar-refractivity contribution in [3.63, 3.8) is 0 Å². The molecule has 0 bridgehead atoms. The van der Waals surface area contributed by atoms with Gasteiger partial charge in [-0.15, -0.1) is 5.10 Å². The first-order chi connectivity index (χ1) is 10.8. The lowest BCUT2D eigenvalue weighted by molar-refractivity contribution is 0.934. The molecular weight excluding hydrogens is 300 g/mol. The zero-order valence-corrected chi connectivity index (χ0v) is 12.3. The fraction of sp³-hybridized carbons (Fsp3) is 0.0667. The summed E-state index contributed by atoms with van der Waals surface area (Å²) in [5.41, 5.74) is 1.78. The molecule has 0 spiro atoms. The van der Waals surface area contributed by atoms with E-state index in [2.05, 4.69) is 30.8 Å². The maximum Gasteiger partial charge on any atom is 0.245 e. The molecule has 3 rings (SSSR count). The molecule has 0 aliphatic carbocycles. The minimum Gasteiger partial charge on any atom is -0.347 e. The monoisotopic (exact) mass is 312 g/mol. The Morgan fingerprint density at radius 3 is 2.68 bits per heavy atom. The van der Waals surface area contributed by atoms with E-state index >= 15 is 0 Å². The van der Waals surface area contributed by atoms with Gasteiger partial charge in [-0.05, 0) is 36.4 Å². The zero-order valence-electron chi connectivity index (χ0n) is 11.6. The van der Waals surface area contributed by atoms with Crippen LogP contribution in [0.5, 0.6) is 0 Å². The summed E-state index contributed by atoms with van der Waals surface area (Å²) in [6.07, 6.45) is 3.30. The third-order valence-corrected chi connectivity index (χ3v) is 3.08. The number of benzene rings is 1. The number of pyridine rings is 1. The quantitative estimate of drug-likeness (QED) is 0.753. The van der Waals surface area contributed by atoms with Gasteiger partial charge in [-0.3, -0.25) is 4.98 Å². The molecular formula is C15H13ClN6. The van der Waals surface area contributed by atoms with Gasteiger partial charge < -0.3 is 10.6 Å². The Hall–Kier alpha value is -2.73. The molecule has 7 heteroatoms. The van der Waals surface area contributed by atoms with Crippen molar-refractivity contribution in [3.05, 3.63) is 65.6 Å². The van der Waals surface area contributed by atoms with E-state index in [9.17, 15) is 0 Å². The van der Waals surface area contributed by atoms with Gasteiger partial charge in [-0.1, -0.05) is 17.7 Å². The Morgan fingerprint density at radius 2 is 1.91 bits per heavy atom. The topological polar surface area (TPSA) is 75.6 Å². The zero-order chi connectivity index (χ0) is 15.2. The number of aromatic nitrogens is 4. The Morgan fingerprint density at radius 1 is 1.05 bits per heavy atom. The molecule has 0 aliphatic rings. The summed E-state index contributed by atoms with van der Waals surface area (Å²) in [4.78, 5) is 8.57. The van der Waals surface area contributed by atoms with E-state index in [1.807, 2.05) is 30.3 Å². The predicted molar refractivity (Wildman–Crippen MR) is 86.1 cm³/mol. The van der Waals surface area contributed by atoms with Gasteiger partial charge in [-0.2, -0.15) is 10.1 Å². The smallest absolute Gasteiger partial charge is 0.245 e. The standard InChI is InChI=1S/C15H13ClN6/c16-11-4-6-12(7-5-11)20-14-10-19-22-15(21-14)18-9-13-3-1-2-8-17-13/h1-8,10H,9H2,(H2,18,20,21,22). The lowest BCUT2D eigenvalue weighted by Gasteiger charge is -2.07. The molecule has 2 heterocycles. The van der Waals surface area contributed by atoms with Crippen molar-refractivity contribution in [2.24, 2.45) is 0 Å². The van der Waals surface area contributed by atoms with Gasteiger partial charge in [0.05, 0.1) is 18.4 Å². The van der Waals surface area contributed by atoms with Crippen molar-refractivity contribution >= 4 is 29.1 Å². The summed E-state index contributed by atoms with van der Waals surface area (Å²) < 4.78 is 0. The van der Waals surface area contributed by atoms with Crippen LogP contribution in [0.15, 0.2) is 54.9 Å². The molecule has 0 saturated carbocycles. The molecule has 0 amide bonds. The number of halogens is 1. The summed E-state index contributed by atoms with van der Waals surface area (Å²) >= 11 is 5.86. The molecule has 0 aliphatic heterocycles. The summed E-state index contributed by atoms with van der Waals surface area (Å²) in [6.45, 7) is 0.535. The van der Waals surface area contributed by atoms with Crippen LogP contribution in [0.1, 0.15) is 5.69 Å². The lowest BCUT2D eigenvalue weighted by atomic mass is 10.3. The van der Waals surface area contributed by atoms with E-state index in [0.717, 1.165) is 11.4 Å². The van der Waals surface area contributed by atoms with Crippen LogP contribution in [0.4, 0.5) is 17.5 Å². The number of hydrogen-bond acceptors (Lipinski definition) is 6. The van der Waals surface area contributed by atoms with Crippen LogP contribution >= 0.6 is 11.6 Å². The van der Waals surface area contributed by atoms with E-state index < -0.39 is 0 Å². The van der Waals surface area contributed by atoms with Crippen molar-refractivity contribution < 1.29 is 0 Å². The summed E-state index contributed by atoms with van der Waals surface area (Å²) in [6, 6.07) is 13.1. The Kier molecular flexibility index (Phi) is 4.41. The predicted octanol–water partition coefficient (Wildman–Crippen LogP) is 3.28. The molecule has 6 nitrogen and oxygen atoms in total. The van der Waals surface area contributed by atoms with E-state index in [0.29, 0.717) is 23.3 Å². The molecule has 0 unspecified atom stereocenters. The largest absolute Gasteiger partial charge is 0.347 e. The molecule has 0 fully saturated rings. The number of nitrogens with zero attached hydrogens (tertiary/aromatic N) is 4. The van der Waals surface area contributed by atoms with Gasteiger partial charge in [0.2, 0.25) is 5.95 Å². The molecule has 110 valence electrons. The van der Waals surface area contributed by atoms with Gasteiger partial charge >= 0.3 is 0 Å². The van der Waals surface area contributed by atoms with E-state index in [4.69, 9.17) is 11.6 Å². The minimum absolute atomic E-state index is 0.435. The molecule has 0 atom stereocenters. The van der Waals surface area contributed by atoms with Crippen LogP contribution in [-0.4, -0.2) is 20.2 Å². The van der Waals surface area contributed by atoms with Crippen LogP contribution in [0.25, 0.3) is 0 Å². The van der Waals surface area contributed by atoms with E-state index in [1.165, 1.54) is 0 Å². The first kappa shape index (κ1) is 14.2. The Labute approximate surface area is 132 Å². The maximum atomic E-state index is 5.86. The molecule has 1 aromatic carbocycles. The summed E-state index contributed by atoms with van der Waals surface area (Å²) in [5, 5.41) is 14.8. The number of anilines is 3. The third kappa shape index (κ3) is 3.89. The van der Waals surface area contributed by atoms with Crippen molar-refractivity contribution in [2.75, 3.05) is 10.6 Å². The second-order valence-corrected chi connectivity index (χ2v) is 4.91. The minimum atomic E-state index is 0.435. The first-order valence-corrected chi connectivity index (χ1v) is 7.03. The molecule has 22 heavy (non-hydrogen) atoms. The lowest BCUT2D eigenvalue weighted by Crippen LogP contribution is -2.07. The third-order valence-electron chi connectivity index (χ3n) is 2.83. The van der Waals surface area contributed by atoms with Crippen molar-refractivity contribution in [3.8, 4) is 0 Å². The van der Waals surface area contributed by atoms with Gasteiger partial charge in [-0.25, -0.2) is 0 Å². The highest BCUT2D eigenvalue weighted by Crippen LogP contribution is 2.17. The summed E-state index contributed by atoms with van der Waals surface area (Å²) in [7, 11) is 0. The summed E-state index contributed by atoms with van der Waals surface area (Å²) in [5.74, 6) is 1.03. The highest BCUT2D eigenvalue weighted by molar-refractivity contribution is 6.30. The number of hydrogen-bond donors (Lipinski definition) is 2. The van der Waals surface area contributed by atoms with Gasteiger partial charge in [0, 0.05) is 16.9 Å². The van der Waals surface area contributed by atoms with Crippen LogP contribution in [0.3, 0.4) is 0 Å². The van der Waals surface area contributed by atoms with Crippen LogP contribution in [0, 0.1) is 0 Å². The van der Waals surface area contributed by atoms with Crippen LogP contribution in [-0.2, 0) is 6.54 Å². The Bertz CT molecular complexity index is 733. The van der Waals surface area contributed by atoms with E-state index in [1.54, 1.807) is 24.5 Å². The molecule has 2 N–H and O–H groups in total. The molecule has 0 radical (unpaired) electrons. The number of rotatable bonds is 5. The van der Waals surface area contributed by atoms with Crippen molar-refractivity contribution in [2.45, 2.75) is 6.54 Å². The molecule has 3 aromatic rings. The highest BCUT2D eigenvalue weighted by Gasteiger charge is 2.02. The molecule has 0 saturated heterocycles. The van der Waals surface area contributed by atoms with Gasteiger partial charge in [0.1, 0.15) is 0 Å². The average Bonchev–Trinajstić information content (AvgIpc) is 2.57. The van der Waals surface area contributed by atoms with E-state index in [-0.39, 0.29) is 0 Å².